The quantitative estimate of drug-likeness (QED) is 0.483. The molecule has 0 aliphatic carbocycles. The zero-order valence-corrected chi connectivity index (χ0v) is 26.4. The van der Waals surface area contributed by atoms with Gasteiger partial charge >= 0.3 is 5.97 Å². The largest absolute Gasteiger partial charge is 0.493 e. The van der Waals surface area contributed by atoms with Gasteiger partial charge in [0.25, 0.3) is 5.91 Å². The number of methoxy groups -OCH3 is 3. The molecule has 2 aromatic carbocycles. The fraction of sp³-hybridized carbons (Fsp3) is 0.531. The Morgan fingerprint density at radius 1 is 0.932 bits per heavy atom. The highest BCUT2D eigenvalue weighted by Gasteiger charge is 2.23. The second-order valence-electron chi connectivity index (χ2n) is 10.8. The molecule has 0 aromatic heterocycles. The molecule has 0 radical (unpaired) electrons. The van der Waals surface area contributed by atoms with Crippen LogP contribution in [0.25, 0.3) is 0 Å². The maximum absolute atomic E-state index is 13.4. The number of nitriles is 1. The van der Waals surface area contributed by atoms with Crippen molar-refractivity contribution in [1.29, 1.82) is 5.26 Å². The summed E-state index contributed by atoms with van der Waals surface area (Å²) in [7, 11) is 4.49. The number of carbonyl (C=O) groups is 2. The molecular weight excluding hydrogens is 588 g/mol. The summed E-state index contributed by atoms with van der Waals surface area (Å²) in [6.07, 6.45) is 3.20. The average Bonchev–Trinajstić information content (AvgIpc) is 3.27. The van der Waals surface area contributed by atoms with E-state index in [0.717, 1.165) is 52.1 Å². The smallest absolute Gasteiger partial charge is 0.338 e. The summed E-state index contributed by atoms with van der Waals surface area (Å²) in [5.74, 6) is 0.618. The summed E-state index contributed by atoms with van der Waals surface area (Å²) < 4.78 is 28.2. The molecule has 4 bridgehead atoms. The predicted molar refractivity (Wildman–Crippen MR) is 165 cm³/mol. The van der Waals surface area contributed by atoms with E-state index in [1.54, 1.807) is 18.2 Å². The number of benzene rings is 2. The van der Waals surface area contributed by atoms with E-state index in [-0.39, 0.29) is 35.0 Å². The summed E-state index contributed by atoms with van der Waals surface area (Å²) >= 11 is 6.35. The number of hydrogen-bond acceptors (Lipinski definition) is 10. The van der Waals surface area contributed by atoms with Gasteiger partial charge in [0.2, 0.25) is 5.75 Å². The third kappa shape index (κ3) is 8.68. The van der Waals surface area contributed by atoms with Gasteiger partial charge in [-0.2, -0.15) is 5.26 Å². The highest BCUT2D eigenvalue weighted by Crippen LogP contribution is 2.38. The molecule has 1 N–H and O–H groups in total. The van der Waals surface area contributed by atoms with Crippen molar-refractivity contribution in [3.63, 3.8) is 0 Å². The summed E-state index contributed by atoms with van der Waals surface area (Å²) in [5.41, 5.74) is 0.803. The van der Waals surface area contributed by atoms with Gasteiger partial charge in [0, 0.05) is 31.7 Å². The van der Waals surface area contributed by atoms with Crippen LogP contribution < -0.4 is 24.3 Å². The fourth-order valence-electron chi connectivity index (χ4n) is 5.51. The Hall–Kier alpha value is -3.72. The first-order valence-electron chi connectivity index (χ1n) is 15.0. The first-order valence-corrected chi connectivity index (χ1v) is 15.3. The van der Waals surface area contributed by atoms with E-state index < -0.39 is 5.97 Å². The summed E-state index contributed by atoms with van der Waals surface area (Å²) in [4.78, 5) is 31.1. The minimum absolute atomic E-state index is 0.159. The standard InChI is InChI=1S/C32H41ClN4O7/c1-40-28-19-23(20-29(41-2)30(28)42-3)32(39)44-24-7-4-16-43-27-18-22(17-26(33)25(27)21-34)31(38)35-9-5-10-36-11-6-12-37(13-8-24)15-14-36/h17-20,24H,4-16H2,1-3H3,(H,35,38). The Kier molecular flexibility index (Phi) is 12.4. The van der Waals surface area contributed by atoms with E-state index in [2.05, 4.69) is 21.2 Å². The van der Waals surface area contributed by atoms with Gasteiger partial charge in [0.05, 0.1) is 38.5 Å². The van der Waals surface area contributed by atoms with Crippen molar-refractivity contribution < 1.29 is 33.3 Å². The van der Waals surface area contributed by atoms with Crippen molar-refractivity contribution in [3.8, 4) is 29.1 Å². The molecule has 2 heterocycles. The SMILES string of the molecule is COc1cc(C(=O)OC2CCCOc3cc(cc(Cl)c3C#N)C(=O)NCCCN3CCCN(CC2)CC3)cc(OC)c1OC. The third-order valence-electron chi connectivity index (χ3n) is 7.92. The molecular formula is C32H41ClN4O7. The highest BCUT2D eigenvalue weighted by molar-refractivity contribution is 6.32. The summed E-state index contributed by atoms with van der Waals surface area (Å²) in [6.45, 7) is 6.27. The number of rotatable bonds is 5. The lowest BCUT2D eigenvalue weighted by Gasteiger charge is -2.25. The number of amides is 1. The van der Waals surface area contributed by atoms with Crippen LogP contribution in [0, 0.1) is 11.3 Å². The van der Waals surface area contributed by atoms with Crippen LogP contribution in [-0.4, -0.2) is 102 Å². The Morgan fingerprint density at radius 3 is 2.27 bits per heavy atom. The van der Waals surface area contributed by atoms with Gasteiger partial charge in [-0.1, -0.05) is 11.6 Å². The van der Waals surface area contributed by atoms with Crippen molar-refractivity contribution in [2.45, 2.75) is 38.2 Å². The minimum atomic E-state index is -0.493. The highest BCUT2D eigenvalue weighted by atomic mass is 35.5. The summed E-state index contributed by atoms with van der Waals surface area (Å²) in [5, 5.41) is 12.8. The number of nitrogens with zero attached hydrogens (tertiary/aromatic N) is 3. The van der Waals surface area contributed by atoms with E-state index >= 15 is 0 Å². The molecule has 4 rings (SSSR count). The van der Waals surface area contributed by atoms with E-state index in [9.17, 15) is 14.9 Å². The molecule has 0 spiro atoms. The van der Waals surface area contributed by atoms with Crippen LogP contribution in [0.15, 0.2) is 24.3 Å². The first-order chi connectivity index (χ1) is 21.4. The number of halogens is 1. The Morgan fingerprint density at radius 2 is 1.61 bits per heavy atom. The third-order valence-corrected chi connectivity index (χ3v) is 8.21. The molecule has 1 fully saturated rings. The zero-order valence-electron chi connectivity index (χ0n) is 25.7. The van der Waals surface area contributed by atoms with Crippen LogP contribution in [0.3, 0.4) is 0 Å². The number of fused-ring (bicyclic) bond motifs is 5. The van der Waals surface area contributed by atoms with Crippen molar-refractivity contribution in [1.82, 2.24) is 15.1 Å². The Balaban J connectivity index is 1.54. The van der Waals surface area contributed by atoms with Gasteiger partial charge in [0.1, 0.15) is 23.5 Å². The maximum Gasteiger partial charge on any atom is 0.338 e. The molecule has 12 heteroatoms. The van der Waals surface area contributed by atoms with Gasteiger partial charge < -0.3 is 38.8 Å². The van der Waals surface area contributed by atoms with E-state index in [1.165, 1.54) is 27.4 Å². The van der Waals surface area contributed by atoms with E-state index in [0.29, 0.717) is 54.2 Å². The van der Waals surface area contributed by atoms with Gasteiger partial charge in [-0.3, -0.25) is 4.79 Å². The molecule has 3 unspecified atom stereocenters. The number of nitrogens with one attached hydrogen (secondary N) is 1. The van der Waals surface area contributed by atoms with Crippen molar-refractivity contribution >= 4 is 23.5 Å². The number of hydrogen-bond donors (Lipinski definition) is 1. The molecule has 3 atom stereocenters. The average molecular weight is 629 g/mol. The normalized spacial score (nSPS) is 21.6. The predicted octanol–water partition coefficient (Wildman–Crippen LogP) is 4.15. The fourth-order valence-corrected chi connectivity index (χ4v) is 5.77. The molecule has 0 saturated carbocycles. The molecule has 11 nitrogen and oxygen atoms in total. The van der Waals surface area contributed by atoms with Crippen molar-refractivity contribution in [2.75, 3.05) is 73.7 Å². The lowest BCUT2D eigenvalue weighted by atomic mass is 10.1. The topological polar surface area (TPSA) is 123 Å². The van der Waals surface area contributed by atoms with Crippen LogP contribution in [0.5, 0.6) is 23.0 Å². The molecule has 44 heavy (non-hydrogen) atoms. The van der Waals surface area contributed by atoms with Crippen molar-refractivity contribution in [2.24, 2.45) is 0 Å². The van der Waals surface area contributed by atoms with E-state index in [4.69, 9.17) is 35.3 Å². The Labute approximate surface area is 263 Å². The number of esters is 1. The van der Waals surface area contributed by atoms with Crippen LogP contribution in [0.4, 0.5) is 0 Å². The van der Waals surface area contributed by atoms with Gasteiger partial charge in [0.15, 0.2) is 11.5 Å². The second kappa shape index (κ2) is 16.4. The minimum Gasteiger partial charge on any atom is -0.493 e. The molecule has 2 aromatic rings. The molecule has 2 aliphatic rings. The van der Waals surface area contributed by atoms with Crippen LogP contribution in [-0.2, 0) is 4.74 Å². The van der Waals surface area contributed by atoms with Crippen LogP contribution >= 0.6 is 11.6 Å². The van der Waals surface area contributed by atoms with Crippen molar-refractivity contribution in [3.05, 3.63) is 46.0 Å². The zero-order chi connectivity index (χ0) is 31.5. The molecule has 238 valence electrons. The first kappa shape index (κ1) is 33.2. The molecule has 1 amide bonds. The summed E-state index contributed by atoms with van der Waals surface area (Å²) in [6, 6.07) is 8.28. The van der Waals surface area contributed by atoms with Gasteiger partial charge in [-0.15, -0.1) is 0 Å². The van der Waals surface area contributed by atoms with Gasteiger partial charge in [-0.05, 0) is 76.0 Å². The molecule has 1 saturated heterocycles. The molecule has 2 aliphatic heterocycles. The lowest BCUT2D eigenvalue weighted by Crippen LogP contribution is -2.34. The number of ether oxygens (including phenoxy) is 5. The van der Waals surface area contributed by atoms with Gasteiger partial charge in [-0.25, -0.2) is 4.79 Å². The van der Waals surface area contributed by atoms with Crippen LogP contribution in [0.2, 0.25) is 5.02 Å². The Bertz CT molecular complexity index is 1320. The number of carbonyl (C=O) groups excluding carboxylic acids is 2. The van der Waals surface area contributed by atoms with Crippen LogP contribution in [0.1, 0.15) is 58.4 Å². The van der Waals surface area contributed by atoms with E-state index in [1.807, 2.05) is 0 Å². The lowest BCUT2D eigenvalue weighted by molar-refractivity contribution is 0.0221. The monoisotopic (exact) mass is 628 g/mol. The maximum atomic E-state index is 13.4. The second-order valence-corrected chi connectivity index (χ2v) is 11.2.